The minimum absolute atomic E-state index is 0.0272. The highest BCUT2D eigenvalue weighted by Gasteiger charge is 2.29. The van der Waals surface area contributed by atoms with Crippen LogP contribution in [0.25, 0.3) is 0 Å². The third kappa shape index (κ3) is 4.28. The molecule has 1 saturated heterocycles. The van der Waals surface area contributed by atoms with Crippen LogP contribution in [0.2, 0.25) is 0 Å². The Bertz CT molecular complexity index is 1050. The number of hydrogen-bond acceptors (Lipinski definition) is 6. The Balaban J connectivity index is 1.51. The Morgan fingerprint density at radius 2 is 1.93 bits per heavy atom. The van der Waals surface area contributed by atoms with Crippen LogP contribution in [0.1, 0.15) is 11.1 Å². The van der Waals surface area contributed by atoms with Crippen molar-refractivity contribution in [1.29, 1.82) is 0 Å². The molecule has 0 saturated carbocycles. The lowest BCUT2D eigenvalue weighted by Crippen LogP contribution is -2.40. The van der Waals surface area contributed by atoms with Crippen LogP contribution in [0, 0.1) is 0 Å². The first-order chi connectivity index (χ1) is 14.5. The molecule has 160 valence electrons. The summed E-state index contributed by atoms with van der Waals surface area (Å²) in [7, 11) is -2.35. The maximum atomic E-state index is 13.1. The number of nitrogens with one attached hydrogen (secondary N) is 1. The zero-order chi connectivity index (χ0) is 21.1. The van der Waals surface area contributed by atoms with E-state index in [9.17, 15) is 13.2 Å². The molecule has 1 N–H and O–H groups in total. The van der Waals surface area contributed by atoms with Crippen molar-refractivity contribution in [2.24, 2.45) is 0 Å². The van der Waals surface area contributed by atoms with Crippen LogP contribution in [-0.4, -0.2) is 58.7 Å². The quantitative estimate of drug-likeness (QED) is 0.749. The second kappa shape index (κ2) is 8.63. The normalized spacial score (nSPS) is 16.6. The molecule has 2 aromatic rings. The highest BCUT2D eigenvalue weighted by Crippen LogP contribution is 2.30. The van der Waals surface area contributed by atoms with Crippen molar-refractivity contribution in [3.63, 3.8) is 0 Å². The minimum Gasteiger partial charge on any atom is -0.495 e. The van der Waals surface area contributed by atoms with Gasteiger partial charge in [-0.3, -0.25) is 4.79 Å². The Kier molecular flexibility index (Phi) is 5.94. The van der Waals surface area contributed by atoms with E-state index in [-0.39, 0.29) is 36.1 Å². The summed E-state index contributed by atoms with van der Waals surface area (Å²) in [5.41, 5.74) is 2.38. The zero-order valence-electron chi connectivity index (χ0n) is 16.7. The van der Waals surface area contributed by atoms with Gasteiger partial charge in [0.1, 0.15) is 16.4 Å². The molecule has 2 aromatic carbocycles. The first-order valence-corrected chi connectivity index (χ1v) is 11.2. The van der Waals surface area contributed by atoms with E-state index in [4.69, 9.17) is 14.2 Å². The van der Waals surface area contributed by atoms with Gasteiger partial charge in [0.25, 0.3) is 0 Å². The van der Waals surface area contributed by atoms with Gasteiger partial charge in [-0.05, 0) is 35.4 Å². The topological polar surface area (TPSA) is 94.2 Å². The number of nitrogens with zero attached hydrogens (tertiary/aromatic N) is 1. The summed E-state index contributed by atoms with van der Waals surface area (Å²) < 4.78 is 43.5. The van der Waals surface area contributed by atoms with E-state index in [1.807, 2.05) is 18.2 Å². The summed E-state index contributed by atoms with van der Waals surface area (Å²) in [5, 5.41) is 2.79. The highest BCUT2D eigenvalue weighted by atomic mass is 32.2. The SMILES string of the molecule is COc1ccc(NC(=O)Cc2ccc3c(c2)CCO3)cc1S(=O)(=O)N1CCOCC1. The van der Waals surface area contributed by atoms with Crippen LogP contribution in [0.4, 0.5) is 5.69 Å². The van der Waals surface area contributed by atoms with Gasteiger partial charge in [-0.2, -0.15) is 4.31 Å². The number of carbonyl (C=O) groups is 1. The van der Waals surface area contributed by atoms with Crippen LogP contribution >= 0.6 is 0 Å². The summed E-state index contributed by atoms with van der Waals surface area (Å²) in [5.74, 6) is 0.874. The molecule has 1 amide bonds. The predicted octanol–water partition coefficient (Wildman–Crippen LogP) is 1.83. The molecule has 8 nitrogen and oxygen atoms in total. The first-order valence-electron chi connectivity index (χ1n) is 9.78. The lowest BCUT2D eigenvalue weighted by Gasteiger charge is -2.26. The number of rotatable bonds is 6. The fourth-order valence-corrected chi connectivity index (χ4v) is 5.21. The summed E-state index contributed by atoms with van der Waals surface area (Å²) >= 11 is 0. The van der Waals surface area contributed by atoms with Crippen molar-refractivity contribution >= 4 is 21.6 Å². The van der Waals surface area contributed by atoms with E-state index in [1.54, 1.807) is 12.1 Å². The van der Waals surface area contributed by atoms with Crippen molar-refractivity contribution in [3.05, 3.63) is 47.5 Å². The largest absolute Gasteiger partial charge is 0.495 e. The molecule has 0 aliphatic carbocycles. The number of methoxy groups -OCH3 is 1. The van der Waals surface area contributed by atoms with Gasteiger partial charge in [0.15, 0.2) is 0 Å². The monoisotopic (exact) mass is 432 g/mol. The van der Waals surface area contributed by atoms with Crippen LogP contribution < -0.4 is 14.8 Å². The summed E-state index contributed by atoms with van der Waals surface area (Å²) in [6, 6.07) is 10.3. The number of anilines is 1. The lowest BCUT2D eigenvalue weighted by atomic mass is 10.1. The maximum Gasteiger partial charge on any atom is 0.246 e. The molecule has 1 fully saturated rings. The van der Waals surface area contributed by atoms with Crippen LogP contribution in [0.3, 0.4) is 0 Å². The van der Waals surface area contributed by atoms with E-state index in [1.165, 1.54) is 17.5 Å². The molecule has 4 rings (SSSR count). The number of ether oxygens (including phenoxy) is 3. The molecule has 0 bridgehead atoms. The molecule has 30 heavy (non-hydrogen) atoms. The van der Waals surface area contributed by atoms with Gasteiger partial charge in [-0.15, -0.1) is 0 Å². The summed E-state index contributed by atoms with van der Waals surface area (Å²) in [6.07, 6.45) is 1.02. The Labute approximate surface area is 175 Å². The third-order valence-electron chi connectivity index (χ3n) is 5.15. The van der Waals surface area contributed by atoms with Crippen LogP contribution in [-0.2, 0) is 32.4 Å². The maximum absolute atomic E-state index is 13.1. The van der Waals surface area contributed by atoms with E-state index in [0.717, 1.165) is 23.3 Å². The average molecular weight is 432 g/mol. The van der Waals surface area contributed by atoms with Gasteiger partial charge in [0, 0.05) is 25.2 Å². The Morgan fingerprint density at radius 3 is 2.70 bits per heavy atom. The second-order valence-electron chi connectivity index (χ2n) is 7.15. The molecule has 2 aliphatic heterocycles. The Hall–Kier alpha value is -2.62. The van der Waals surface area contributed by atoms with Gasteiger partial charge < -0.3 is 19.5 Å². The number of fused-ring (bicyclic) bond motifs is 1. The van der Waals surface area contributed by atoms with E-state index in [0.29, 0.717) is 25.5 Å². The van der Waals surface area contributed by atoms with Crippen LogP contribution in [0.15, 0.2) is 41.3 Å². The summed E-state index contributed by atoms with van der Waals surface area (Å²) in [4.78, 5) is 12.6. The number of morpholine rings is 1. The zero-order valence-corrected chi connectivity index (χ0v) is 17.5. The molecular weight excluding hydrogens is 408 g/mol. The van der Waals surface area contributed by atoms with Gasteiger partial charge in [-0.1, -0.05) is 12.1 Å². The second-order valence-corrected chi connectivity index (χ2v) is 9.05. The van der Waals surface area contributed by atoms with Gasteiger partial charge in [0.05, 0.1) is 33.4 Å². The standard InChI is InChI=1S/C21H24N2O6S/c1-27-19-5-3-17(14-20(19)30(25,26)23-7-10-28-11-8-23)22-21(24)13-15-2-4-18-16(12-15)6-9-29-18/h2-5,12,14H,6-11,13H2,1H3,(H,22,24). The fraction of sp³-hybridized carbons (Fsp3) is 0.381. The molecule has 0 spiro atoms. The highest BCUT2D eigenvalue weighted by molar-refractivity contribution is 7.89. The van der Waals surface area contributed by atoms with Crippen molar-refractivity contribution < 1.29 is 27.4 Å². The van der Waals surface area contributed by atoms with E-state index in [2.05, 4.69) is 5.32 Å². The molecule has 0 radical (unpaired) electrons. The first kappa shape index (κ1) is 20.6. The van der Waals surface area contributed by atoms with Crippen LogP contribution in [0.5, 0.6) is 11.5 Å². The van der Waals surface area contributed by atoms with E-state index >= 15 is 0 Å². The molecule has 2 aliphatic rings. The van der Waals surface area contributed by atoms with Gasteiger partial charge in [-0.25, -0.2) is 8.42 Å². The lowest BCUT2D eigenvalue weighted by molar-refractivity contribution is -0.115. The van der Waals surface area contributed by atoms with Crippen molar-refractivity contribution in [3.8, 4) is 11.5 Å². The third-order valence-corrected chi connectivity index (χ3v) is 7.07. The average Bonchev–Trinajstić information content (AvgIpc) is 3.22. The van der Waals surface area contributed by atoms with Crippen molar-refractivity contribution in [2.45, 2.75) is 17.7 Å². The predicted molar refractivity (Wildman–Crippen MR) is 111 cm³/mol. The fourth-order valence-electron chi connectivity index (χ4n) is 3.62. The number of benzene rings is 2. The van der Waals surface area contributed by atoms with Crippen molar-refractivity contribution in [1.82, 2.24) is 4.31 Å². The van der Waals surface area contributed by atoms with Gasteiger partial charge >= 0.3 is 0 Å². The molecular formula is C21H24N2O6S. The number of carbonyl (C=O) groups excluding carboxylic acids is 1. The molecule has 0 aromatic heterocycles. The molecule has 9 heteroatoms. The van der Waals surface area contributed by atoms with Crippen molar-refractivity contribution in [2.75, 3.05) is 45.3 Å². The molecule has 2 heterocycles. The Morgan fingerprint density at radius 1 is 1.13 bits per heavy atom. The number of hydrogen-bond donors (Lipinski definition) is 1. The smallest absolute Gasteiger partial charge is 0.246 e. The molecule has 0 unspecified atom stereocenters. The van der Waals surface area contributed by atoms with E-state index < -0.39 is 10.0 Å². The number of amides is 1. The summed E-state index contributed by atoms with van der Waals surface area (Å²) in [6.45, 7) is 1.93. The number of sulfonamides is 1. The molecule has 0 atom stereocenters. The van der Waals surface area contributed by atoms with Gasteiger partial charge in [0.2, 0.25) is 15.9 Å². The minimum atomic E-state index is -3.77.